The molecule has 3 aromatic carbocycles. The molecule has 2 aliphatic rings. The lowest BCUT2D eigenvalue weighted by atomic mass is 10.1. The summed E-state index contributed by atoms with van der Waals surface area (Å²) >= 11 is 7.46. The second-order valence-electron chi connectivity index (χ2n) is 7.87. The Labute approximate surface area is 207 Å². The second-order valence-corrected chi connectivity index (χ2v) is 9.27. The number of carbonyl (C=O) groups excluding carboxylic acids is 1. The molecule has 0 aromatic heterocycles. The highest BCUT2D eigenvalue weighted by Gasteiger charge is 2.35. The molecule has 0 saturated carbocycles. The van der Waals surface area contributed by atoms with E-state index in [1.54, 1.807) is 5.01 Å². The number of para-hydroxylation sites is 2. The van der Waals surface area contributed by atoms with Crippen LogP contribution in [0.15, 0.2) is 82.9 Å². The third kappa shape index (κ3) is 4.54. The predicted molar refractivity (Wildman–Crippen MR) is 136 cm³/mol. The molecule has 6 nitrogen and oxygen atoms in total. The highest BCUT2D eigenvalue weighted by atomic mass is 35.5. The van der Waals surface area contributed by atoms with Gasteiger partial charge in [-0.15, -0.1) is 5.10 Å². The van der Waals surface area contributed by atoms with Crippen LogP contribution in [0, 0.1) is 0 Å². The van der Waals surface area contributed by atoms with Crippen molar-refractivity contribution >= 4 is 40.1 Å². The first-order valence-electron chi connectivity index (χ1n) is 11.1. The van der Waals surface area contributed by atoms with E-state index >= 15 is 0 Å². The number of thioether (sulfide) groups is 1. The lowest BCUT2D eigenvalue weighted by molar-refractivity contribution is -0.116. The van der Waals surface area contributed by atoms with Crippen LogP contribution in [0.1, 0.15) is 30.6 Å². The summed E-state index contributed by atoms with van der Waals surface area (Å²) in [7, 11) is 0. The van der Waals surface area contributed by atoms with Crippen LogP contribution in [0.4, 0.5) is 0 Å². The zero-order valence-electron chi connectivity index (χ0n) is 18.6. The SMILES string of the molecule is CCCOc1ccccc1C1N=c2ccccc2=C2C(=O)NC(SCc3ccc(Cl)cc3)=NN21. The van der Waals surface area contributed by atoms with Gasteiger partial charge in [-0.05, 0) is 36.2 Å². The highest BCUT2D eigenvalue weighted by molar-refractivity contribution is 8.13. The fourth-order valence-corrected chi connectivity index (χ4v) is 4.80. The van der Waals surface area contributed by atoms with Gasteiger partial charge >= 0.3 is 0 Å². The first kappa shape index (κ1) is 22.5. The molecule has 0 radical (unpaired) electrons. The van der Waals surface area contributed by atoms with Gasteiger partial charge in [0.1, 0.15) is 11.4 Å². The number of halogens is 1. The largest absolute Gasteiger partial charge is 0.493 e. The zero-order chi connectivity index (χ0) is 23.5. The minimum Gasteiger partial charge on any atom is -0.493 e. The van der Waals surface area contributed by atoms with Crippen molar-refractivity contribution in [3.05, 3.63) is 99.5 Å². The van der Waals surface area contributed by atoms with Gasteiger partial charge in [-0.1, -0.05) is 78.8 Å². The average molecular weight is 491 g/mol. The van der Waals surface area contributed by atoms with Crippen molar-refractivity contribution in [2.24, 2.45) is 10.1 Å². The zero-order valence-corrected chi connectivity index (χ0v) is 20.1. The molecule has 0 fully saturated rings. The summed E-state index contributed by atoms with van der Waals surface area (Å²) in [5, 5.41) is 12.2. The van der Waals surface area contributed by atoms with Crippen molar-refractivity contribution < 1.29 is 9.53 Å². The molecule has 8 heteroatoms. The highest BCUT2D eigenvalue weighted by Crippen LogP contribution is 2.35. The molecule has 0 spiro atoms. The van der Waals surface area contributed by atoms with E-state index in [4.69, 9.17) is 26.4 Å². The second kappa shape index (κ2) is 9.91. The number of hydrazone groups is 1. The lowest BCUT2D eigenvalue weighted by Gasteiger charge is -2.34. The monoisotopic (exact) mass is 490 g/mol. The molecule has 0 bridgehead atoms. The number of amides is 1. The van der Waals surface area contributed by atoms with Gasteiger partial charge < -0.3 is 4.74 Å². The summed E-state index contributed by atoms with van der Waals surface area (Å²) in [5.41, 5.74) is 2.44. The third-order valence-corrected chi connectivity index (χ3v) is 6.65. The summed E-state index contributed by atoms with van der Waals surface area (Å²) < 4.78 is 6.01. The van der Waals surface area contributed by atoms with Crippen molar-refractivity contribution in [2.75, 3.05) is 6.61 Å². The Morgan fingerprint density at radius 2 is 1.82 bits per heavy atom. The maximum absolute atomic E-state index is 13.3. The van der Waals surface area contributed by atoms with Gasteiger partial charge in [-0.3, -0.25) is 15.1 Å². The summed E-state index contributed by atoms with van der Waals surface area (Å²) in [4.78, 5) is 18.3. The number of rotatable bonds is 6. The number of benzene rings is 3. The fraction of sp³-hybridized carbons (Fsp3) is 0.192. The van der Waals surface area contributed by atoms with Crippen molar-refractivity contribution in [3.63, 3.8) is 0 Å². The molecular weight excluding hydrogens is 468 g/mol. The van der Waals surface area contributed by atoms with Gasteiger partial charge in [0.05, 0.1) is 12.0 Å². The van der Waals surface area contributed by atoms with Gasteiger partial charge in [-0.25, -0.2) is 5.01 Å². The van der Waals surface area contributed by atoms with Gasteiger partial charge in [-0.2, -0.15) is 0 Å². The van der Waals surface area contributed by atoms with Crippen LogP contribution < -0.4 is 20.6 Å². The maximum Gasteiger partial charge on any atom is 0.276 e. The summed E-state index contributed by atoms with van der Waals surface area (Å²) in [6, 6.07) is 23.1. The molecule has 1 N–H and O–H groups in total. The Balaban J connectivity index is 1.55. The Bertz CT molecular complexity index is 1370. The molecule has 34 heavy (non-hydrogen) atoms. The van der Waals surface area contributed by atoms with Gasteiger partial charge in [0, 0.05) is 21.6 Å². The molecule has 2 aliphatic heterocycles. The number of hydrogen-bond donors (Lipinski definition) is 1. The molecular formula is C26H23ClN4O2S. The van der Waals surface area contributed by atoms with E-state index in [-0.39, 0.29) is 5.91 Å². The Kier molecular flexibility index (Phi) is 6.56. The topological polar surface area (TPSA) is 66.3 Å². The third-order valence-electron chi connectivity index (χ3n) is 5.46. The van der Waals surface area contributed by atoms with Crippen molar-refractivity contribution in [1.29, 1.82) is 0 Å². The Morgan fingerprint density at radius 1 is 1.06 bits per heavy atom. The van der Waals surface area contributed by atoms with Crippen LogP contribution in [0.25, 0.3) is 5.70 Å². The van der Waals surface area contributed by atoms with Crippen LogP contribution >= 0.6 is 23.4 Å². The smallest absolute Gasteiger partial charge is 0.276 e. The minimum atomic E-state index is -0.518. The first-order valence-corrected chi connectivity index (χ1v) is 12.5. The number of nitrogens with zero attached hydrogens (tertiary/aromatic N) is 3. The summed E-state index contributed by atoms with van der Waals surface area (Å²) in [5.74, 6) is 1.19. The molecule has 3 aromatic rings. The molecule has 0 aliphatic carbocycles. The van der Waals surface area contributed by atoms with Crippen molar-refractivity contribution in [3.8, 4) is 5.75 Å². The van der Waals surface area contributed by atoms with E-state index in [1.165, 1.54) is 11.8 Å². The van der Waals surface area contributed by atoms with E-state index in [2.05, 4.69) is 12.2 Å². The molecule has 1 atom stereocenters. The van der Waals surface area contributed by atoms with Crippen LogP contribution in [0.2, 0.25) is 5.02 Å². The molecule has 172 valence electrons. The standard InChI is InChI=1S/C26H23ClN4O2S/c1-2-15-33-22-10-6-4-8-20(22)24-28-21-9-5-3-7-19(21)23-25(32)29-26(30-31(23)24)34-16-17-11-13-18(27)14-12-17/h3-14,24H,2,15-16H2,1H3,(H,29,30,32). The summed E-state index contributed by atoms with van der Waals surface area (Å²) in [6.45, 7) is 2.67. The minimum absolute atomic E-state index is 0.201. The van der Waals surface area contributed by atoms with Crippen molar-refractivity contribution in [2.45, 2.75) is 25.3 Å². The average Bonchev–Trinajstić information content (AvgIpc) is 2.86. The normalized spacial score (nSPS) is 16.7. The van der Waals surface area contributed by atoms with E-state index in [0.29, 0.717) is 28.2 Å². The van der Waals surface area contributed by atoms with Gasteiger partial charge in [0.25, 0.3) is 5.91 Å². The van der Waals surface area contributed by atoms with E-state index < -0.39 is 6.17 Å². The lowest BCUT2D eigenvalue weighted by Crippen LogP contribution is -2.50. The van der Waals surface area contributed by atoms with Gasteiger partial charge in [0.15, 0.2) is 11.3 Å². The molecule has 2 heterocycles. The van der Waals surface area contributed by atoms with E-state index in [0.717, 1.165) is 33.9 Å². The Hall–Kier alpha value is -3.29. The number of amidine groups is 1. The van der Waals surface area contributed by atoms with Crippen molar-refractivity contribution in [1.82, 2.24) is 10.3 Å². The van der Waals surface area contributed by atoms with Crippen LogP contribution in [0.5, 0.6) is 5.75 Å². The molecule has 0 saturated heterocycles. The predicted octanol–water partition coefficient (Wildman–Crippen LogP) is 4.21. The number of carbonyl (C=O) groups is 1. The fourth-order valence-electron chi connectivity index (χ4n) is 3.86. The number of nitrogens with one attached hydrogen (secondary N) is 1. The first-order chi connectivity index (χ1) is 16.6. The van der Waals surface area contributed by atoms with Crippen LogP contribution in [0.3, 0.4) is 0 Å². The number of ether oxygens (including phenoxy) is 1. The maximum atomic E-state index is 13.3. The van der Waals surface area contributed by atoms with E-state index in [9.17, 15) is 4.79 Å². The summed E-state index contributed by atoms with van der Waals surface area (Å²) in [6.07, 6.45) is 0.377. The van der Waals surface area contributed by atoms with Crippen LogP contribution in [-0.2, 0) is 10.5 Å². The molecule has 5 rings (SSSR count). The molecule has 1 unspecified atom stereocenters. The van der Waals surface area contributed by atoms with E-state index in [1.807, 2.05) is 72.8 Å². The Morgan fingerprint density at radius 3 is 2.65 bits per heavy atom. The van der Waals surface area contributed by atoms with Crippen LogP contribution in [-0.4, -0.2) is 22.7 Å². The van der Waals surface area contributed by atoms with Gasteiger partial charge in [0.2, 0.25) is 0 Å². The number of hydrogen-bond acceptors (Lipinski definition) is 6. The molecule has 1 amide bonds. The number of fused-ring (bicyclic) bond motifs is 2. The quantitative estimate of drug-likeness (QED) is 0.562.